The van der Waals surface area contributed by atoms with E-state index in [0.29, 0.717) is 24.0 Å². The molecular weight excluding hydrogens is 436 g/mol. The zero-order valence-electron chi connectivity index (χ0n) is 18.2. The predicted octanol–water partition coefficient (Wildman–Crippen LogP) is 5.92. The number of aryl methyl sites for hydroxylation is 1. The second kappa shape index (κ2) is 7.69. The van der Waals surface area contributed by atoms with Gasteiger partial charge in [-0.3, -0.25) is 15.1 Å². The first-order chi connectivity index (χ1) is 15.4. The van der Waals surface area contributed by atoms with Crippen LogP contribution in [0.2, 0.25) is 0 Å². The highest BCUT2D eigenvalue weighted by Crippen LogP contribution is 2.53. The van der Waals surface area contributed by atoms with Crippen LogP contribution in [0.15, 0.2) is 28.8 Å². The third-order valence-corrected chi connectivity index (χ3v) is 9.03. The smallest absolute Gasteiger partial charge is 0.161 e. The Bertz CT molecular complexity index is 1240. The largest absolute Gasteiger partial charge is 0.294 e. The van der Waals surface area contributed by atoms with Gasteiger partial charge in [0.15, 0.2) is 5.78 Å². The number of nitrogens with zero attached hydrogens (tertiary/aromatic N) is 3. The van der Waals surface area contributed by atoms with Gasteiger partial charge in [-0.25, -0.2) is 0 Å². The van der Waals surface area contributed by atoms with Crippen LogP contribution in [0, 0.1) is 39.4 Å². The summed E-state index contributed by atoms with van der Waals surface area (Å²) in [5.41, 5.74) is 2.98. The van der Waals surface area contributed by atoms with Gasteiger partial charge >= 0.3 is 0 Å². The maximum atomic E-state index is 13.5. The van der Waals surface area contributed by atoms with Crippen molar-refractivity contribution >= 4 is 39.3 Å². The van der Waals surface area contributed by atoms with Gasteiger partial charge in [-0.2, -0.15) is 10.5 Å². The van der Waals surface area contributed by atoms with E-state index < -0.39 is 11.8 Å². The molecule has 5 nitrogen and oxygen atoms in total. The van der Waals surface area contributed by atoms with E-state index in [4.69, 9.17) is 5.41 Å². The summed E-state index contributed by atoms with van der Waals surface area (Å²) in [6.45, 7) is 4.16. The molecule has 3 heterocycles. The predicted molar refractivity (Wildman–Crippen MR) is 127 cm³/mol. The number of ketones is 1. The molecule has 2 unspecified atom stereocenters. The summed E-state index contributed by atoms with van der Waals surface area (Å²) in [6.07, 6.45) is 5.08. The molecule has 162 valence electrons. The molecule has 0 aromatic carbocycles. The number of allylic oxidation sites excluding steroid dienone is 2. The Hall–Kier alpha value is -2.74. The van der Waals surface area contributed by atoms with Gasteiger partial charge in [-0.1, -0.05) is 19.9 Å². The van der Waals surface area contributed by atoms with Gasteiger partial charge in [0, 0.05) is 33.4 Å². The van der Waals surface area contributed by atoms with Crippen molar-refractivity contribution < 1.29 is 4.79 Å². The lowest BCUT2D eigenvalue weighted by Gasteiger charge is -2.45. The van der Waals surface area contributed by atoms with E-state index in [1.807, 2.05) is 22.4 Å². The zero-order chi connectivity index (χ0) is 22.6. The summed E-state index contributed by atoms with van der Waals surface area (Å²) < 4.78 is 0. The van der Waals surface area contributed by atoms with Gasteiger partial charge in [-0.05, 0) is 54.5 Å². The molecule has 2 aromatic rings. The first-order valence-electron chi connectivity index (χ1n) is 11.0. The number of amidine groups is 1. The van der Waals surface area contributed by atoms with E-state index in [0.717, 1.165) is 46.8 Å². The maximum absolute atomic E-state index is 13.5. The van der Waals surface area contributed by atoms with Crippen molar-refractivity contribution in [1.29, 1.82) is 15.9 Å². The van der Waals surface area contributed by atoms with Gasteiger partial charge in [0.05, 0.1) is 11.6 Å². The number of thiophene rings is 2. The molecule has 2 atom stereocenters. The fraction of sp³-hybridized carbons (Fsp3) is 0.440. The molecule has 7 heteroatoms. The van der Waals surface area contributed by atoms with E-state index in [1.54, 1.807) is 11.3 Å². The second-order valence-corrected chi connectivity index (χ2v) is 11.7. The van der Waals surface area contributed by atoms with Crippen LogP contribution in [0.4, 0.5) is 5.00 Å². The highest BCUT2D eigenvalue weighted by atomic mass is 32.1. The SMILES string of the molecule is CC1(C)CC(=O)C2=C(C1)N(c1sc3c(c1C#N)CCCC3)C(=N)C(C#N)C2c1cccs1. The quantitative estimate of drug-likeness (QED) is 0.602. The van der Waals surface area contributed by atoms with Crippen LogP contribution in [0.3, 0.4) is 0 Å². The van der Waals surface area contributed by atoms with E-state index in [1.165, 1.54) is 16.2 Å². The summed E-state index contributed by atoms with van der Waals surface area (Å²) in [4.78, 5) is 17.5. The molecule has 0 fully saturated rings. The van der Waals surface area contributed by atoms with Crippen molar-refractivity contribution in [1.82, 2.24) is 0 Å². The third kappa shape index (κ3) is 3.15. The second-order valence-electron chi connectivity index (χ2n) is 9.62. The number of hydrogen-bond acceptors (Lipinski definition) is 6. The van der Waals surface area contributed by atoms with E-state index in [2.05, 4.69) is 26.0 Å². The highest BCUT2D eigenvalue weighted by molar-refractivity contribution is 7.16. The molecule has 0 bridgehead atoms. The van der Waals surface area contributed by atoms with Gasteiger partial charge in [-0.15, -0.1) is 22.7 Å². The summed E-state index contributed by atoms with van der Waals surface area (Å²) in [5.74, 6) is -0.928. The Balaban J connectivity index is 1.78. The summed E-state index contributed by atoms with van der Waals surface area (Å²) in [6, 6.07) is 8.64. The third-order valence-electron chi connectivity index (χ3n) is 6.80. The number of nitrogens with one attached hydrogen (secondary N) is 1. The number of anilines is 1. The first kappa shape index (κ1) is 21.1. The number of nitriles is 2. The van der Waals surface area contributed by atoms with E-state index in [9.17, 15) is 15.3 Å². The van der Waals surface area contributed by atoms with Crippen molar-refractivity contribution in [3.63, 3.8) is 0 Å². The number of carbonyl (C=O) groups is 1. The fourth-order valence-corrected chi connectivity index (χ4v) is 7.68. The first-order valence-corrected chi connectivity index (χ1v) is 12.7. The zero-order valence-corrected chi connectivity index (χ0v) is 19.8. The minimum Gasteiger partial charge on any atom is -0.294 e. The standard InChI is InChI=1S/C25H24N4OS2/c1-25(2)10-17-22(18(30)11-25)21(20-8-5-9-31-20)16(13-27)23(28)29(17)24-15(12-26)14-6-3-4-7-19(14)32-24/h5,8-9,16,21,28H,3-4,6-7,10-11H2,1-2H3. The van der Waals surface area contributed by atoms with Crippen molar-refractivity contribution in [2.75, 3.05) is 4.90 Å². The topological polar surface area (TPSA) is 91.7 Å². The normalized spacial score (nSPS) is 24.6. The van der Waals surface area contributed by atoms with Gasteiger partial charge in [0.2, 0.25) is 0 Å². The minimum absolute atomic E-state index is 0.0622. The van der Waals surface area contributed by atoms with Crippen LogP contribution >= 0.6 is 22.7 Å². The lowest BCUT2D eigenvalue weighted by molar-refractivity contribution is -0.118. The molecule has 1 aliphatic heterocycles. The van der Waals surface area contributed by atoms with E-state index >= 15 is 0 Å². The van der Waals surface area contributed by atoms with Crippen LogP contribution in [0.5, 0.6) is 0 Å². The van der Waals surface area contributed by atoms with Crippen LogP contribution < -0.4 is 4.90 Å². The molecule has 32 heavy (non-hydrogen) atoms. The molecule has 2 aliphatic carbocycles. The molecule has 1 N–H and O–H groups in total. The molecular formula is C25H24N4OS2. The molecule has 0 radical (unpaired) electrons. The van der Waals surface area contributed by atoms with Crippen LogP contribution in [0.25, 0.3) is 0 Å². The molecule has 2 aromatic heterocycles. The Morgan fingerprint density at radius 2 is 2.00 bits per heavy atom. The number of fused-ring (bicyclic) bond motifs is 1. The molecule has 0 saturated heterocycles. The highest BCUT2D eigenvalue weighted by Gasteiger charge is 2.49. The Morgan fingerprint density at radius 3 is 2.69 bits per heavy atom. The molecule has 3 aliphatic rings. The van der Waals surface area contributed by atoms with Crippen LogP contribution in [-0.4, -0.2) is 11.6 Å². The minimum atomic E-state index is -0.761. The maximum Gasteiger partial charge on any atom is 0.161 e. The fourth-order valence-electron chi connectivity index (χ4n) is 5.43. The molecule has 5 rings (SSSR count). The van der Waals surface area contributed by atoms with Crippen LogP contribution in [0.1, 0.15) is 66.3 Å². The van der Waals surface area contributed by atoms with Crippen molar-refractivity contribution in [3.8, 4) is 12.1 Å². The van der Waals surface area contributed by atoms with Gasteiger partial charge in [0.1, 0.15) is 22.8 Å². The van der Waals surface area contributed by atoms with Crippen molar-refractivity contribution in [2.45, 2.75) is 58.3 Å². The average Bonchev–Trinajstić information content (AvgIpc) is 3.39. The number of hydrogen-bond donors (Lipinski definition) is 1. The van der Waals surface area contributed by atoms with Gasteiger partial charge < -0.3 is 0 Å². The number of Topliss-reactive ketones (excluding diaryl/α,β-unsaturated/α-hetero) is 1. The molecule has 0 amide bonds. The Labute approximate surface area is 196 Å². The molecule has 0 spiro atoms. The number of rotatable bonds is 2. The Morgan fingerprint density at radius 1 is 1.22 bits per heavy atom. The monoisotopic (exact) mass is 460 g/mol. The lowest BCUT2D eigenvalue weighted by atomic mass is 9.68. The molecule has 0 saturated carbocycles. The van der Waals surface area contributed by atoms with Gasteiger partial charge in [0.25, 0.3) is 0 Å². The summed E-state index contributed by atoms with van der Waals surface area (Å²) in [5, 5.41) is 32.0. The lowest BCUT2D eigenvalue weighted by Crippen LogP contribution is -2.47. The Kier molecular flexibility index (Phi) is 5.08. The van der Waals surface area contributed by atoms with Crippen molar-refractivity contribution in [3.05, 3.63) is 49.7 Å². The number of carbonyl (C=O) groups excluding carboxylic acids is 1. The summed E-state index contributed by atoms with van der Waals surface area (Å²) in [7, 11) is 0. The average molecular weight is 461 g/mol. The summed E-state index contributed by atoms with van der Waals surface area (Å²) >= 11 is 3.11. The van der Waals surface area contributed by atoms with E-state index in [-0.39, 0.29) is 17.0 Å². The van der Waals surface area contributed by atoms with Crippen molar-refractivity contribution in [2.24, 2.45) is 11.3 Å². The van der Waals surface area contributed by atoms with Crippen LogP contribution in [-0.2, 0) is 17.6 Å².